The molecule has 0 unspecified atom stereocenters. The summed E-state index contributed by atoms with van der Waals surface area (Å²) in [6.45, 7) is 5.92. The number of nitrogens with zero attached hydrogens (tertiary/aromatic N) is 2. The first-order chi connectivity index (χ1) is 7.44. The molecule has 0 radical (unpaired) electrons. The molecule has 1 aliphatic heterocycles. The minimum absolute atomic E-state index is 0.488. The van der Waals surface area contributed by atoms with E-state index in [9.17, 15) is 4.79 Å². The van der Waals surface area contributed by atoms with Crippen LogP contribution in [0.2, 0.25) is 0 Å². The van der Waals surface area contributed by atoms with Crippen molar-refractivity contribution in [2.24, 2.45) is 5.41 Å². The van der Waals surface area contributed by atoms with Gasteiger partial charge in [0.1, 0.15) is 0 Å². The molecule has 4 nitrogen and oxygen atoms in total. The van der Waals surface area contributed by atoms with Gasteiger partial charge in [0.05, 0.1) is 5.41 Å². The highest BCUT2D eigenvalue weighted by atomic mass is 16.4. The molecular weight excluding hydrogens is 204 g/mol. The van der Waals surface area contributed by atoms with Crippen molar-refractivity contribution in [1.82, 2.24) is 9.80 Å². The maximum Gasteiger partial charge on any atom is 0.309 e. The molecule has 94 valence electrons. The van der Waals surface area contributed by atoms with Crippen LogP contribution in [-0.2, 0) is 4.79 Å². The van der Waals surface area contributed by atoms with Crippen LogP contribution in [0, 0.1) is 5.41 Å². The number of aliphatic carboxylic acids is 1. The summed E-state index contributed by atoms with van der Waals surface area (Å²) in [5.41, 5.74) is -0.488. The first-order valence-electron chi connectivity index (χ1n) is 6.04. The molecule has 1 saturated heterocycles. The van der Waals surface area contributed by atoms with E-state index in [4.69, 9.17) is 5.11 Å². The Bertz CT molecular complexity index is 233. The van der Waals surface area contributed by atoms with Crippen LogP contribution in [0.15, 0.2) is 0 Å². The zero-order valence-electron chi connectivity index (χ0n) is 10.7. The smallest absolute Gasteiger partial charge is 0.309 e. The topological polar surface area (TPSA) is 43.8 Å². The molecule has 0 aromatic rings. The molecule has 0 aliphatic carbocycles. The molecule has 1 fully saturated rings. The van der Waals surface area contributed by atoms with Crippen molar-refractivity contribution in [2.45, 2.75) is 26.2 Å². The minimum atomic E-state index is -0.638. The predicted molar refractivity (Wildman–Crippen MR) is 64.6 cm³/mol. The molecule has 0 spiro atoms. The number of piperidine rings is 1. The van der Waals surface area contributed by atoms with E-state index in [2.05, 4.69) is 23.9 Å². The Morgan fingerprint density at radius 1 is 1.38 bits per heavy atom. The van der Waals surface area contributed by atoms with Crippen LogP contribution < -0.4 is 0 Å². The average molecular weight is 228 g/mol. The summed E-state index contributed by atoms with van der Waals surface area (Å²) in [4.78, 5) is 15.6. The molecule has 0 saturated carbocycles. The number of carbonyl (C=O) groups is 1. The first kappa shape index (κ1) is 13.5. The van der Waals surface area contributed by atoms with Gasteiger partial charge in [0.15, 0.2) is 0 Å². The van der Waals surface area contributed by atoms with E-state index in [1.54, 1.807) is 0 Å². The summed E-state index contributed by atoms with van der Waals surface area (Å²) in [5.74, 6) is -0.638. The van der Waals surface area contributed by atoms with Crippen LogP contribution in [0.25, 0.3) is 0 Å². The maximum absolute atomic E-state index is 11.1. The van der Waals surface area contributed by atoms with Gasteiger partial charge in [-0.05, 0) is 66.5 Å². The maximum atomic E-state index is 11.1. The van der Waals surface area contributed by atoms with Gasteiger partial charge >= 0.3 is 5.97 Å². The normalized spacial score (nSPS) is 21.2. The van der Waals surface area contributed by atoms with Crippen molar-refractivity contribution < 1.29 is 9.90 Å². The third kappa shape index (κ3) is 3.76. The summed E-state index contributed by atoms with van der Waals surface area (Å²) in [6.07, 6.45) is 2.73. The first-order valence-corrected chi connectivity index (χ1v) is 6.04. The molecule has 1 N–H and O–H groups in total. The van der Waals surface area contributed by atoms with Crippen molar-refractivity contribution >= 4 is 5.97 Å². The van der Waals surface area contributed by atoms with Crippen molar-refractivity contribution in [1.29, 1.82) is 0 Å². The van der Waals surface area contributed by atoms with Crippen molar-refractivity contribution in [3.8, 4) is 0 Å². The van der Waals surface area contributed by atoms with E-state index in [1.165, 1.54) is 0 Å². The second-order valence-corrected chi connectivity index (χ2v) is 5.36. The van der Waals surface area contributed by atoms with Crippen LogP contribution in [0.1, 0.15) is 26.2 Å². The summed E-state index contributed by atoms with van der Waals surface area (Å²) >= 11 is 0. The number of hydrogen-bond acceptors (Lipinski definition) is 3. The second kappa shape index (κ2) is 5.64. The van der Waals surface area contributed by atoms with Gasteiger partial charge in [-0.2, -0.15) is 0 Å². The van der Waals surface area contributed by atoms with Crippen LogP contribution in [-0.4, -0.2) is 61.2 Å². The third-order valence-electron chi connectivity index (χ3n) is 3.56. The number of carboxylic acids is 1. The highest BCUT2D eigenvalue weighted by molar-refractivity contribution is 5.74. The average Bonchev–Trinajstić information content (AvgIpc) is 2.20. The van der Waals surface area contributed by atoms with Gasteiger partial charge in [0, 0.05) is 0 Å². The van der Waals surface area contributed by atoms with Crippen molar-refractivity contribution in [3.63, 3.8) is 0 Å². The molecule has 4 heteroatoms. The number of likely N-dealkylation sites (tertiary alicyclic amines) is 1. The lowest BCUT2D eigenvalue weighted by atomic mass is 9.80. The van der Waals surface area contributed by atoms with Gasteiger partial charge in [0.25, 0.3) is 0 Å². The Kier molecular flexibility index (Phi) is 4.74. The number of rotatable bonds is 5. The lowest BCUT2D eigenvalue weighted by Gasteiger charge is -2.36. The molecule has 16 heavy (non-hydrogen) atoms. The second-order valence-electron chi connectivity index (χ2n) is 5.36. The number of carboxylic acid groups (broad SMARTS) is 1. The number of hydrogen-bond donors (Lipinski definition) is 1. The van der Waals surface area contributed by atoms with E-state index in [0.717, 1.165) is 45.4 Å². The summed E-state index contributed by atoms with van der Waals surface area (Å²) < 4.78 is 0. The fourth-order valence-electron chi connectivity index (χ4n) is 2.09. The SMILES string of the molecule is CN(C)CCCN1CCC(C)(C(=O)O)CC1. The minimum Gasteiger partial charge on any atom is -0.481 e. The van der Waals surface area contributed by atoms with E-state index >= 15 is 0 Å². The molecule has 1 aliphatic rings. The van der Waals surface area contributed by atoms with E-state index in [0.29, 0.717) is 0 Å². The lowest BCUT2D eigenvalue weighted by Crippen LogP contribution is -2.43. The van der Waals surface area contributed by atoms with Crippen LogP contribution in [0.3, 0.4) is 0 Å². The van der Waals surface area contributed by atoms with Gasteiger partial charge in [-0.1, -0.05) is 0 Å². The van der Waals surface area contributed by atoms with Crippen LogP contribution in [0.5, 0.6) is 0 Å². The van der Waals surface area contributed by atoms with E-state index < -0.39 is 11.4 Å². The predicted octanol–water partition coefficient (Wildman–Crippen LogP) is 1.12. The van der Waals surface area contributed by atoms with Gasteiger partial charge < -0.3 is 14.9 Å². The van der Waals surface area contributed by atoms with Gasteiger partial charge in [-0.3, -0.25) is 4.79 Å². The van der Waals surface area contributed by atoms with Crippen molar-refractivity contribution in [3.05, 3.63) is 0 Å². The summed E-state index contributed by atoms with van der Waals surface area (Å²) in [6, 6.07) is 0. The Hall–Kier alpha value is -0.610. The quantitative estimate of drug-likeness (QED) is 0.766. The van der Waals surface area contributed by atoms with Gasteiger partial charge in [0.2, 0.25) is 0 Å². The molecule has 0 atom stereocenters. The molecule has 0 amide bonds. The molecule has 0 bridgehead atoms. The summed E-state index contributed by atoms with van der Waals surface area (Å²) in [5, 5.41) is 9.11. The highest BCUT2D eigenvalue weighted by Gasteiger charge is 2.36. The molecule has 1 heterocycles. The zero-order valence-corrected chi connectivity index (χ0v) is 10.7. The van der Waals surface area contributed by atoms with Crippen LogP contribution >= 0.6 is 0 Å². The van der Waals surface area contributed by atoms with Crippen molar-refractivity contribution in [2.75, 3.05) is 40.3 Å². The fourth-order valence-corrected chi connectivity index (χ4v) is 2.09. The summed E-state index contributed by atoms with van der Waals surface area (Å²) in [7, 11) is 4.16. The monoisotopic (exact) mass is 228 g/mol. The molecular formula is C12H24N2O2. The van der Waals surface area contributed by atoms with Gasteiger partial charge in [-0.15, -0.1) is 0 Å². The fraction of sp³-hybridized carbons (Fsp3) is 0.917. The highest BCUT2D eigenvalue weighted by Crippen LogP contribution is 2.30. The largest absolute Gasteiger partial charge is 0.481 e. The third-order valence-corrected chi connectivity index (χ3v) is 3.56. The van der Waals surface area contributed by atoms with E-state index in [1.807, 2.05) is 6.92 Å². The Balaban J connectivity index is 2.24. The zero-order chi connectivity index (χ0) is 12.2. The van der Waals surface area contributed by atoms with E-state index in [-0.39, 0.29) is 0 Å². The molecule has 1 rings (SSSR count). The Labute approximate surface area is 98.2 Å². The van der Waals surface area contributed by atoms with Crippen LogP contribution in [0.4, 0.5) is 0 Å². The molecule has 0 aromatic heterocycles. The Morgan fingerprint density at radius 2 is 1.94 bits per heavy atom. The standard InChI is InChI=1S/C12H24N2O2/c1-12(11(15)16)5-9-14(10-6-12)8-4-7-13(2)3/h4-10H2,1-3H3,(H,15,16). The molecule has 0 aromatic carbocycles. The lowest BCUT2D eigenvalue weighted by molar-refractivity contribution is -0.150. The Morgan fingerprint density at radius 3 is 2.38 bits per heavy atom. The van der Waals surface area contributed by atoms with Gasteiger partial charge in [-0.25, -0.2) is 0 Å².